The molecule has 0 aliphatic rings. The fourth-order valence-electron chi connectivity index (χ4n) is 1.23. The van der Waals surface area contributed by atoms with Gasteiger partial charge in [-0.25, -0.2) is 4.98 Å². The highest BCUT2D eigenvalue weighted by Gasteiger charge is 2.00. The molecule has 0 saturated carbocycles. The van der Waals surface area contributed by atoms with Crippen LogP contribution in [0.5, 0.6) is 0 Å². The molecule has 0 aromatic carbocycles. The summed E-state index contributed by atoms with van der Waals surface area (Å²) in [5.74, 6) is 0.858. The van der Waals surface area contributed by atoms with Gasteiger partial charge in [-0.05, 0) is 31.2 Å². The Hall–Kier alpha value is -1.90. The number of pyridine rings is 1. The predicted octanol–water partition coefficient (Wildman–Crippen LogP) is 2.07. The van der Waals surface area contributed by atoms with Gasteiger partial charge in [-0.3, -0.25) is 4.79 Å². The van der Waals surface area contributed by atoms with Gasteiger partial charge >= 0.3 is 0 Å². The normalized spacial score (nSPS) is 10.1. The number of Topliss-reactive ketones (excluding diaryl/α,β-unsaturated/α-hetero) is 1. The van der Waals surface area contributed by atoms with Gasteiger partial charge in [0.25, 0.3) is 0 Å². The topological polar surface area (TPSA) is 34.9 Å². The molecule has 3 nitrogen and oxygen atoms in total. The molecule has 0 aliphatic heterocycles. The molecule has 0 aliphatic carbocycles. The Morgan fingerprint density at radius 1 is 1.29 bits per heavy atom. The van der Waals surface area contributed by atoms with Crippen LogP contribution in [0.25, 0.3) is 5.82 Å². The van der Waals surface area contributed by atoms with Crippen molar-refractivity contribution in [1.82, 2.24) is 9.55 Å². The standard InChI is InChI=1S/C11H10N2O/c1-9(14)10-4-5-11(12-8-10)13-6-2-3-7-13/h2-8H,1H3. The molecule has 0 amide bonds. The maximum Gasteiger partial charge on any atom is 0.161 e. The second-order valence-electron chi connectivity index (χ2n) is 3.05. The molecule has 0 N–H and O–H groups in total. The van der Waals surface area contributed by atoms with Crippen LogP contribution in [0.1, 0.15) is 17.3 Å². The van der Waals surface area contributed by atoms with E-state index < -0.39 is 0 Å². The van der Waals surface area contributed by atoms with E-state index in [1.165, 1.54) is 6.92 Å². The van der Waals surface area contributed by atoms with E-state index in [9.17, 15) is 4.79 Å². The van der Waals surface area contributed by atoms with Crippen LogP contribution in [0.4, 0.5) is 0 Å². The number of aromatic nitrogens is 2. The van der Waals surface area contributed by atoms with E-state index in [2.05, 4.69) is 4.98 Å². The summed E-state index contributed by atoms with van der Waals surface area (Å²) >= 11 is 0. The van der Waals surface area contributed by atoms with Gasteiger partial charge in [-0.2, -0.15) is 0 Å². The molecule has 0 radical (unpaired) electrons. The van der Waals surface area contributed by atoms with Gasteiger partial charge in [0.1, 0.15) is 5.82 Å². The monoisotopic (exact) mass is 186 g/mol. The van der Waals surface area contributed by atoms with Crippen molar-refractivity contribution in [2.24, 2.45) is 0 Å². The zero-order valence-corrected chi connectivity index (χ0v) is 7.84. The highest BCUT2D eigenvalue weighted by Crippen LogP contribution is 2.06. The number of ketones is 1. The van der Waals surface area contributed by atoms with Crippen molar-refractivity contribution in [3.8, 4) is 5.82 Å². The zero-order chi connectivity index (χ0) is 9.97. The third-order valence-electron chi connectivity index (χ3n) is 2.02. The van der Waals surface area contributed by atoms with E-state index in [4.69, 9.17) is 0 Å². The molecule has 0 unspecified atom stereocenters. The lowest BCUT2D eigenvalue weighted by atomic mass is 10.2. The van der Waals surface area contributed by atoms with Crippen LogP contribution in [-0.4, -0.2) is 15.3 Å². The minimum absolute atomic E-state index is 0.0385. The minimum atomic E-state index is 0.0385. The molecular weight excluding hydrogens is 176 g/mol. The summed E-state index contributed by atoms with van der Waals surface area (Å²) in [6.07, 6.45) is 5.42. The van der Waals surface area contributed by atoms with E-state index in [1.54, 1.807) is 12.3 Å². The van der Waals surface area contributed by atoms with Crippen LogP contribution < -0.4 is 0 Å². The summed E-state index contributed by atoms with van der Waals surface area (Å²) in [4.78, 5) is 15.2. The van der Waals surface area contributed by atoms with Crippen molar-refractivity contribution in [3.05, 3.63) is 48.4 Å². The van der Waals surface area contributed by atoms with Gasteiger partial charge < -0.3 is 4.57 Å². The summed E-state index contributed by atoms with van der Waals surface area (Å²) in [5.41, 5.74) is 0.640. The van der Waals surface area contributed by atoms with Crippen LogP contribution in [0.3, 0.4) is 0 Å². The molecule has 0 bridgehead atoms. The molecule has 0 spiro atoms. The highest BCUT2D eigenvalue weighted by molar-refractivity contribution is 5.93. The van der Waals surface area contributed by atoms with Crippen molar-refractivity contribution in [1.29, 1.82) is 0 Å². The fourth-order valence-corrected chi connectivity index (χ4v) is 1.23. The summed E-state index contributed by atoms with van der Waals surface area (Å²) in [6.45, 7) is 1.53. The Labute approximate surface area is 82.0 Å². The number of carbonyl (C=O) groups is 1. The van der Waals surface area contributed by atoms with Crippen molar-refractivity contribution in [2.45, 2.75) is 6.92 Å². The molecule has 2 heterocycles. The lowest BCUT2D eigenvalue weighted by Crippen LogP contribution is -1.97. The molecule has 14 heavy (non-hydrogen) atoms. The average Bonchev–Trinajstić information content (AvgIpc) is 2.71. The van der Waals surface area contributed by atoms with E-state index in [1.807, 2.05) is 35.2 Å². The number of hydrogen-bond acceptors (Lipinski definition) is 2. The molecule has 2 rings (SSSR count). The SMILES string of the molecule is CC(=O)c1ccc(-n2cccc2)nc1. The molecule has 2 aromatic heterocycles. The number of nitrogens with zero attached hydrogens (tertiary/aromatic N) is 2. The average molecular weight is 186 g/mol. The van der Waals surface area contributed by atoms with Crippen molar-refractivity contribution in [3.63, 3.8) is 0 Å². The Morgan fingerprint density at radius 3 is 2.50 bits per heavy atom. The van der Waals surface area contributed by atoms with E-state index in [0.717, 1.165) is 5.82 Å². The predicted molar refractivity (Wildman–Crippen MR) is 53.6 cm³/mol. The minimum Gasteiger partial charge on any atom is -0.309 e. The van der Waals surface area contributed by atoms with Crippen LogP contribution in [0.15, 0.2) is 42.9 Å². The van der Waals surface area contributed by atoms with Crippen molar-refractivity contribution in [2.75, 3.05) is 0 Å². The molecule has 0 fully saturated rings. The van der Waals surface area contributed by atoms with Gasteiger partial charge in [0.15, 0.2) is 5.78 Å². The summed E-state index contributed by atoms with van der Waals surface area (Å²) in [6, 6.07) is 7.47. The van der Waals surface area contributed by atoms with Crippen LogP contribution in [0.2, 0.25) is 0 Å². The van der Waals surface area contributed by atoms with Crippen LogP contribution >= 0.6 is 0 Å². The van der Waals surface area contributed by atoms with Gasteiger partial charge in [0, 0.05) is 24.2 Å². The van der Waals surface area contributed by atoms with Gasteiger partial charge in [-0.15, -0.1) is 0 Å². The molecule has 70 valence electrons. The second-order valence-corrected chi connectivity index (χ2v) is 3.05. The maximum atomic E-state index is 11.0. The zero-order valence-electron chi connectivity index (χ0n) is 7.84. The summed E-state index contributed by atoms with van der Waals surface area (Å²) in [7, 11) is 0. The first-order chi connectivity index (χ1) is 6.77. The Kier molecular flexibility index (Phi) is 2.14. The first kappa shape index (κ1) is 8.69. The fraction of sp³-hybridized carbons (Fsp3) is 0.0909. The lowest BCUT2D eigenvalue weighted by Gasteiger charge is -2.01. The molecular formula is C11H10N2O. The van der Waals surface area contributed by atoms with Crippen LogP contribution in [0, 0.1) is 0 Å². The Morgan fingerprint density at radius 2 is 2.00 bits per heavy atom. The maximum absolute atomic E-state index is 11.0. The molecule has 3 heteroatoms. The van der Waals surface area contributed by atoms with Crippen molar-refractivity contribution >= 4 is 5.78 Å². The van der Waals surface area contributed by atoms with E-state index >= 15 is 0 Å². The van der Waals surface area contributed by atoms with Gasteiger partial charge in [-0.1, -0.05) is 0 Å². The lowest BCUT2D eigenvalue weighted by molar-refractivity contribution is 0.101. The quantitative estimate of drug-likeness (QED) is 0.673. The number of hydrogen-bond donors (Lipinski definition) is 0. The third kappa shape index (κ3) is 1.57. The Balaban J connectivity index is 2.36. The smallest absolute Gasteiger partial charge is 0.161 e. The molecule has 2 aromatic rings. The van der Waals surface area contributed by atoms with Gasteiger partial charge in [0.05, 0.1) is 0 Å². The van der Waals surface area contributed by atoms with Crippen LogP contribution in [-0.2, 0) is 0 Å². The Bertz CT molecular complexity index is 429. The molecule has 0 saturated heterocycles. The van der Waals surface area contributed by atoms with E-state index in [0.29, 0.717) is 5.56 Å². The second kappa shape index (κ2) is 3.46. The first-order valence-electron chi connectivity index (χ1n) is 4.38. The molecule has 0 atom stereocenters. The highest BCUT2D eigenvalue weighted by atomic mass is 16.1. The summed E-state index contributed by atoms with van der Waals surface area (Å²) < 4.78 is 1.89. The summed E-state index contributed by atoms with van der Waals surface area (Å²) in [5, 5.41) is 0. The largest absolute Gasteiger partial charge is 0.309 e. The first-order valence-corrected chi connectivity index (χ1v) is 4.38. The van der Waals surface area contributed by atoms with E-state index in [-0.39, 0.29) is 5.78 Å². The number of rotatable bonds is 2. The van der Waals surface area contributed by atoms with Gasteiger partial charge in [0.2, 0.25) is 0 Å². The number of carbonyl (C=O) groups excluding carboxylic acids is 1. The van der Waals surface area contributed by atoms with Crippen molar-refractivity contribution < 1.29 is 4.79 Å². The third-order valence-corrected chi connectivity index (χ3v) is 2.02.